The first-order chi connectivity index (χ1) is 16.5. The molecule has 2 amide bonds. The van der Waals surface area contributed by atoms with Crippen molar-refractivity contribution in [2.45, 2.75) is 59.2 Å². The zero-order valence-electron chi connectivity index (χ0n) is 19.8. The molecular formula is C25H32N4O4S. The highest BCUT2D eigenvalue weighted by Crippen LogP contribution is 2.15. The number of carbonyl (C=O) groups excluding carboxylic acids is 2. The monoisotopic (exact) mass is 484 g/mol. The number of hydrogen-bond acceptors (Lipinski definition) is 5. The maximum Gasteiger partial charge on any atom is 0.332 e. The van der Waals surface area contributed by atoms with Gasteiger partial charge in [0.15, 0.2) is 0 Å². The molecule has 0 saturated carbocycles. The number of benzene rings is 1. The minimum atomic E-state index is -0.512. The summed E-state index contributed by atoms with van der Waals surface area (Å²) in [6.07, 6.45) is 2.21. The molecule has 0 aliphatic rings. The molecule has 8 nitrogen and oxygen atoms in total. The van der Waals surface area contributed by atoms with Gasteiger partial charge in [0, 0.05) is 32.6 Å². The number of nitrogens with zero attached hydrogens (tertiary/aromatic N) is 3. The molecule has 3 aromatic rings. The molecule has 0 radical (unpaired) electrons. The van der Waals surface area contributed by atoms with Crippen LogP contribution >= 0.6 is 11.3 Å². The number of carbonyl (C=O) groups is 2. The van der Waals surface area contributed by atoms with E-state index in [-0.39, 0.29) is 36.9 Å². The fourth-order valence-electron chi connectivity index (χ4n) is 3.90. The quantitative estimate of drug-likeness (QED) is 0.428. The van der Waals surface area contributed by atoms with Gasteiger partial charge in [-0.1, -0.05) is 44.2 Å². The van der Waals surface area contributed by atoms with E-state index in [9.17, 15) is 19.2 Å². The minimum absolute atomic E-state index is 0.107. The Balaban J connectivity index is 1.73. The van der Waals surface area contributed by atoms with Gasteiger partial charge in [-0.3, -0.25) is 23.5 Å². The van der Waals surface area contributed by atoms with Crippen LogP contribution in [0.25, 0.3) is 10.2 Å². The SMILES string of the molecule is CCCN(CCC)C(=O)Cn1c(=O)n(CCCC(=O)NCc2ccccc2)c(=O)c2sccc21. The summed E-state index contributed by atoms with van der Waals surface area (Å²) < 4.78 is 2.99. The van der Waals surface area contributed by atoms with E-state index < -0.39 is 5.69 Å². The number of thiophene rings is 1. The second-order valence-corrected chi connectivity index (χ2v) is 9.12. The predicted octanol–water partition coefficient (Wildman–Crippen LogP) is 2.97. The Labute approximate surface area is 202 Å². The average molecular weight is 485 g/mol. The van der Waals surface area contributed by atoms with Gasteiger partial charge in [-0.2, -0.15) is 0 Å². The van der Waals surface area contributed by atoms with Crippen LogP contribution in [0.3, 0.4) is 0 Å². The Hall–Kier alpha value is -3.20. The van der Waals surface area contributed by atoms with Crippen molar-refractivity contribution in [1.29, 1.82) is 0 Å². The number of aromatic nitrogens is 2. The van der Waals surface area contributed by atoms with Gasteiger partial charge < -0.3 is 10.2 Å². The number of fused-ring (bicyclic) bond motifs is 1. The second kappa shape index (κ2) is 12.3. The van der Waals surface area contributed by atoms with Crippen LogP contribution in [0.15, 0.2) is 51.4 Å². The van der Waals surface area contributed by atoms with Crippen molar-refractivity contribution in [3.8, 4) is 0 Å². The highest BCUT2D eigenvalue weighted by Gasteiger charge is 2.19. The van der Waals surface area contributed by atoms with Gasteiger partial charge in [-0.15, -0.1) is 11.3 Å². The molecule has 0 fully saturated rings. The van der Waals surface area contributed by atoms with Gasteiger partial charge in [0.25, 0.3) is 5.56 Å². The standard InChI is InChI=1S/C25H32N4O4S/c1-3-13-27(14-4-2)22(31)18-29-20-12-16-34-23(20)24(32)28(25(29)33)15-8-11-21(30)26-17-19-9-6-5-7-10-19/h5-7,9-10,12,16H,3-4,8,11,13-15,17-18H2,1-2H3,(H,26,30). The Morgan fingerprint density at radius 1 is 1.00 bits per heavy atom. The van der Waals surface area contributed by atoms with E-state index in [1.807, 2.05) is 44.2 Å². The molecule has 2 heterocycles. The van der Waals surface area contributed by atoms with Crippen LogP contribution < -0.4 is 16.6 Å². The highest BCUT2D eigenvalue weighted by atomic mass is 32.1. The smallest absolute Gasteiger partial charge is 0.332 e. The van der Waals surface area contributed by atoms with Crippen molar-refractivity contribution in [2.24, 2.45) is 0 Å². The molecule has 0 aliphatic carbocycles. The number of nitrogens with one attached hydrogen (secondary N) is 1. The van der Waals surface area contributed by atoms with Crippen molar-refractivity contribution >= 4 is 33.4 Å². The van der Waals surface area contributed by atoms with Crippen LogP contribution in [-0.4, -0.2) is 38.9 Å². The minimum Gasteiger partial charge on any atom is -0.352 e. The predicted molar refractivity (Wildman–Crippen MR) is 135 cm³/mol. The van der Waals surface area contributed by atoms with E-state index in [1.165, 1.54) is 15.9 Å². The van der Waals surface area contributed by atoms with E-state index in [1.54, 1.807) is 16.3 Å². The summed E-state index contributed by atoms with van der Waals surface area (Å²) in [4.78, 5) is 53.1. The van der Waals surface area contributed by atoms with Crippen LogP contribution in [0.1, 0.15) is 45.1 Å². The van der Waals surface area contributed by atoms with Gasteiger partial charge in [0.1, 0.15) is 11.2 Å². The van der Waals surface area contributed by atoms with Crippen LogP contribution in [0.2, 0.25) is 0 Å². The fourth-order valence-corrected chi connectivity index (χ4v) is 4.75. The van der Waals surface area contributed by atoms with Gasteiger partial charge in [0.05, 0.1) is 5.52 Å². The third-order valence-corrected chi connectivity index (χ3v) is 6.48. The van der Waals surface area contributed by atoms with E-state index in [2.05, 4.69) is 5.32 Å². The first-order valence-corrected chi connectivity index (χ1v) is 12.6. The third kappa shape index (κ3) is 6.22. The molecule has 0 atom stereocenters. The highest BCUT2D eigenvalue weighted by molar-refractivity contribution is 7.17. The lowest BCUT2D eigenvalue weighted by Gasteiger charge is -2.22. The third-order valence-electron chi connectivity index (χ3n) is 5.59. The lowest BCUT2D eigenvalue weighted by atomic mass is 10.2. The van der Waals surface area contributed by atoms with E-state index in [4.69, 9.17) is 0 Å². The lowest BCUT2D eigenvalue weighted by molar-refractivity contribution is -0.132. The molecule has 2 aromatic heterocycles. The largest absolute Gasteiger partial charge is 0.352 e. The van der Waals surface area contributed by atoms with Crippen LogP contribution in [-0.2, 0) is 29.2 Å². The topological polar surface area (TPSA) is 93.4 Å². The first kappa shape index (κ1) is 25.4. The van der Waals surface area contributed by atoms with Crippen molar-refractivity contribution in [3.05, 3.63) is 68.2 Å². The van der Waals surface area contributed by atoms with Crippen molar-refractivity contribution in [3.63, 3.8) is 0 Å². The van der Waals surface area contributed by atoms with E-state index in [0.717, 1.165) is 23.0 Å². The molecule has 3 rings (SSSR count). The summed E-state index contributed by atoms with van der Waals surface area (Å²) in [5.41, 5.74) is 0.602. The number of rotatable bonds is 12. The Morgan fingerprint density at radius 3 is 2.38 bits per heavy atom. The van der Waals surface area contributed by atoms with Gasteiger partial charge in [-0.05, 0) is 36.3 Å². The van der Waals surface area contributed by atoms with Crippen molar-refractivity contribution in [2.75, 3.05) is 13.1 Å². The van der Waals surface area contributed by atoms with Crippen molar-refractivity contribution in [1.82, 2.24) is 19.4 Å². The summed E-state index contributed by atoms with van der Waals surface area (Å²) in [6.45, 7) is 5.72. The van der Waals surface area contributed by atoms with Crippen LogP contribution in [0.5, 0.6) is 0 Å². The van der Waals surface area contributed by atoms with E-state index >= 15 is 0 Å². The summed E-state index contributed by atoms with van der Waals surface area (Å²) in [6, 6.07) is 11.3. The zero-order valence-corrected chi connectivity index (χ0v) is 20.6. The molecule has 0 spiro atoms. The van der Waals surface area contributed by atoms with Crippen molar-refractivity contribution < 1.29 is 9.59 Å². The van der Waals surface area contributed by atoms with E-state index in [0.29, 0.717) is 36.3 Å². The molecule has 34 heavy (non-hydrogen) atoms. The van der Waals surface area contributed by atoms with Gasteiger partial charge in [0.2, 0.25) is 11.8 Å². The van der Waals surface area contributed by atoms with Crippen LogP contribution in [0.4, 0.5) is 0 Å². The Morgan fingerprint density at radius 2 is 1.71 bits per heavy atom. The Bertz CT molecular complexity index is 1220. The summed E-state index contributed by atoms with van der Waals surface area (Å²) in [5, 5.41) is 4.61. The summed E-state index contributed by atoms with van der Waals surface area (Å²) in [7, 11) is 0. The number of amides is 2. The molecule has 0 aliphatic heterocycles. The fraction of sp³-hybridized carbons (Fsp3) is 0.440. The maximum absolute atomic E-state index is 13.2. The summed E-state index contributed by atoms with van der Waals surface area (Å²) in [5.74, 6) is -0.275. The molecule has 1 N–H and O–H groups in total. The molecule has 0 saturated heterocycles. The second-order valence-electron chi connectivity index (χ2n) is 8.21. The van der Waals surface area contributed by atoms with Crippen LogP contribution in [0, 0.1) is 0 Å². The van der Waals surface area contributed by atoms with Gasteiger partial charge in [-0.25, -0.2) is 4.79 Å². The average Bonchev–Trinajstić information content (AvgIpc) is 3.33. The molecule has 0 bridgehead atoms. The zero-order chi connectivity index (χ0) is 24.5. The maximum atomic E-state index is 13.2. The lowest BCUT2D eigenvalue weighted by Crippen LogP contribution is -2.43. The molecule has 9 heteroatoms. The molecule has 1 aromatic carbocycles. The molecule has 182 valence electrons. The summed E-state index contributed by atoms with van der Waals surface area (Å²) >= 11 is 1.26. The van der Waals surface area contributed by atoms with Gasteiger partial charge >= 0.3 is 5.69 Å². The molecular weight excluding hydrogens is 452 g/mol. The normalized spacial score (nSPS) is 11.0. The Kier molecular flexibility index (Phi) is 9.21. The first-order valence-electron chi connectivity index (χ1n) is 11.8. The number of hydrogen-bond donors (Lipinski definition) is 1. The molecule has 0 unspecified atom stereocenters.